The lowest BCUT2D eigenvalue weighted by Gasteiger charge is -2.31. The van der Waals surface area contributed by atoms with Crippen molar-refractivity contribution in [1.29, 1.82) is 0 Å². The molecule has 0 saturated carbocycles. The largest absolute Gasteiger partial charge is 0.449 e. The van der Waals surface area contributed by atoms with E-state index in [1.54, 1.807) is 11.0 Å². The molecule has 2 aromatic rings. The number of H-pyrrole nitrogens is 1. The third kappa shape index (κ3) is 3.85. The second-order valence-corrected chi connectivity index (χ2v) is 8.00. The molecule has 1 aromatic heterocycles. The Morgan fingerprint density at radius 3 is 2.69 bits per heavy atom. The number of nitrogens with zero attached hydrogens (tertiary/aromatic N) is 2. The Kier molecular flexibility index (Phi) is 5.50. The van der Waals surface area contributed by atoms with E-state index in [4.69, 9.17) is 10.5 Å². The predicted molar refractivity (Wildman–Crippen MR) is 102 cm³/mol. The molecule has 2 heterocycles. The summed E-state index contributed by atoms with van der Waals surface area (Å²) in [6, 6.07) is 3.63. The summed E-state index contributed by atoms with van der Waals surface area (Å²) in [6.07, 6.45) is 1.38. The van der Waals surface area contributed by atoms with Crippen LogP contribution in [0.25, 0.3) is 10.9 Å². The highest BCUT2D eigenvalue weighted by Gasteiger charge is 2.27. The van der Waals surface area contributed by atoms with Crippen molar-refractivity contribution in [1.82, 2.24) is 15.1 Å². The number of carbonyl (C=O) groups is 2. The summed E-state index contributed by atoms with van der Waals surface area (Å²) in [7, 11) is 0. The molecule has 0 radical (unpaired) electrons. The molecule has 1 aliphatic rings. The van der Waals surface area contributed by atoms with Gasteiger partial charge >= 0.3 is 6.09 Å². The predicted octanol–water partition coefficient (Wildman–Crippen LogP) is 3.40. The first kappa shape index (κ1) is 18.7. The van der Waals surface area contributed by atoms with Crippen LogP contribution >= 0.6 is 15.9 Å². The van der Waals surface area contributed by atoms with Crippen LogP contribution in [0.2, 0.25) is 0 Å². The normalized spacial score (nSPS) is 15.6. The number of benzene rings is 1. The maximum atomic E-state index is 12.1. The standard InChI is InChI=1S/C18H23BrN4O3/c1-10(2)9-26-18(25)23-5-3-11(4-6-23)15-13-7-12(19)8-14(17(20)24)16(13)22-21-15/h7-8,10-11H,3-6,9H2,1-2H3,(H2,20,24)(H,21,22). The fraction of sp³-hybridized carbons (Fsp3) is 0.500. The quantitative estimate of drug-likeness (QED) is 0.787. The molecule has 26 heavy (non-hydrogen) atoms. The molecular formula is C18H23BrN4O3. The Labute approximate surface area is 160 Å². The van der Waals surface area contributed by atoms with E-state index in [1.807, 2.05) is 19.9 Å². The molecule has 1 saturated heterocycles. The van der Waals surface area contributed by atoms with Crippen molar-refractivity contribution < 1.29 is 14.3 Å². The van der Waals surface area contributed by atoms with Crippen molar-refractivity contribution in [2.75, 3.05) is 19.7 Å². The molecule has 1 aromatic carbocycles. The minimum absolute atomic E-state index is 0.240. The fourth-order valence-electron chi connectivity index (χ4n) is 3.28. The molecular weight excluding hydrogens is 400 g/mol. The maximum absolute atomic E-state index is 12.1. The van der Waals surface area contributed by atoms with Crippen molar-refractivity contribution in [2.24, 2.45) is 11.7 Å². The number of carbonyl (C=O) groups excluding carboxylic acids is 2. The number of aromatic nitrogens is 2. The summed E-state index contributed by atoms with van der Waals surface area (Å²) in [6.45, 7) is 5.74. The minimum atomic E-state index is -0.503. The number of aromatic amines is 1. The highest BCUT2D eigenvalue weighted by atomic mass is 79.9. The fourth-order valence-corrected chi connectivity index (χ4v) is 3.74. The summed E-state index contributed by atoms with van der Waals surface area (Å²) in [4.78, 5) is 25.5. The molecule has 140 valence electrons. The van der Waals surface area contributed by atoms with Gasteiger partial charge in [0.25, 0.3) is 5.91 Å². The Bertz CT molecular complexity index is 825. The molecule has 0 spiro atoms. The van der Waals surface area contributed by atoms with E-state index < -0.39 is 5.91 Å². The lowest BCUT2D eigenvalue weighted by Crippen LogP contribution is -2.38. The Balaban J connectivity index is 1.74. The van der Waals surface area contributed by atoms with Crippen LogP contribution in [0.4, 0.5) is 4.79 Å². The number of hydrogen-bond acceptors (Lipinski definition) is 4. The number of rotatable bonds is 4. The van der Waals surface area contributed by atoms with Gasteiger partial charge in [0.2, 0.25) is 0 Å². The van der Waals surface area contributed by atoms with Crippen LogP contribution in [-0.4, -0.2) is 46.8 Å². The van der Waals surface area contributed by atoms with E-state index in [2.05, 4.69) is 26.1 Å². The topological polar surface area (TPSA) is 101 Å². The number of piperidine rings is 1. The summed E-state index contributed by atoms with van der Waals surface area (Å²) < 4.78 is 6.09. The van der Waals surface area contributed by atoms with E-state index in [1.165, 1.54) is 0 Å². The van der Waals surface area contributed by atoms with Crippen molar-refractivity contribution in [3.8, 4) is 0 Å². The number of fused-ring (bicyclic) bond motifs is 1. The van der Waals surface area contributed by atoms with Crippen LogP contribution in [0.3, 0.4) is 0 Å². The zero-order chi connectivity index (χ0) is 18.8. The van der Waals surface area contributed by atoms with Crippen LogP contribution in [0, 0.1) is 5.92 Å². The van der Waals surface area contributed by atoms with Crippen molar-refractivity contribution >= 4 is 38.8 Å². The van der Waals surface area contributed by atoms with Gasteiger partial charge in [-0.1, -0.05) is 29.8 Å². The molecule has 0 unspecified atom stereocenters. The minimum Gasteiger partial charge on any atom is -0.449 e. The molecule has 3 rings (SSSR count). The van der Waals surface area contributed by atoms with Gasteiger partial charge in [-0.15, -0.1) is 0 Å². The molecule has 8 heteroatoms. The van der Waals surface area contributed by atoms with Crippen LogP contribution in [0.1, 0.15) is 48.7 Å². The maximum Gasteiger partial charge on any atom is 0.409 e. The Morgan fingerprint density at radius 1 is 1.38 bits per heavy atom. The van der Waals surface area contributed by atoms with Crippen molar-refractivity contribution in [3.63, 3.8) is 0 Å². The van der Waals surface area contributed by atoms with Gasteiger partial charge in [0.1, 0.15) is 5.52 Å². The lowest BCUT2D eigenvalue weighted by atomic mass is 9.91. The molecule has 1 aliphatic heterocycles. The van der Waals surface area contributed by atoms with E-state index >= 15 is 0 Å². The number of ether oxygens (including phenoxy) is 1. The zero-order valence-electron chi connectivity index (χ0n) is 14.9. The highest BCUT2D eigenvalue weighted by molar-refractivity contribution is 9.10. The van der Waals surface area contributed by atoms with Crippen LogP contribution in [0.5, 0.6) is 0 Å². The van der Waals surface area contributed by atoms with Crippen LogP contribution in [-0.2, 0) is 4.74 Å². The monoisotopic (exact) mass is 422 g/mol. The van der Waals surface area contributed by atoms with Gasteiger partial charge in [-0.2, -0.15) is 5.10 Å². The number of nitrogens with two attached hydrogens (primary N) is 1. The Hall–Kier alpha value is -2.09. The molecule has 2 amide bonds. The first-order chi connectivity index (χ1) is 12.4. The summed E-state index contributed by atoms with van der Waals surface area (Å²) in [5, 5.41) is 8.28. The molecule has 0 bridgehead atoms. The number of primary amides is 1. The Morgan fingerprint density at radius 2 is 2.08 bits per heavy atom. The van der Waals surface area contributed by atoms with E-state index in [0.29, 0.717) is 36.7 Å². The number of amides is 2. The van der Waals surface area contributed by atoms with Gasteiger partial charge in [0, 0.05) is 34.6 Å². The number of nitrogens with one attached hydrogen (secondary N) is 1. The molecule has 0 aliphatic carbocycles. The summed E-state index contributed by atoms with van der Waals surface area (Å²) in [5.74, 6) is 0.0620. The third-order valence-electron chi connectivity index (χ3n) is 4.62. The number of likely N-dealkylation sites (tertiary alicyclic amines) is 1. The van der Waals surface area contributed by atoms with Gasteiger partial charge in [-0.05, 0) is 30.9 Å². The second kappa shape index (κ2) is 7.65. The molecule has 7 nitrogen and oxygen atoms in total. The van der Waals surface area contributed by atoms with Crippen molar-refractivity contribution in [2.45, 2.75) is 32.6 Å². The highest BCUT2D eigenvalue weighted by Crippen LogP contribution is 2.34. The smallest absolute Gasteiger partial charge is 0.409 e. The molecule has 0 atom stereocenters. The van der Waals surface area contributed by atoms with E-state index in [9.17, 15) is 9.59 Å². The number of halogens is 1. The van der Waals surface area contributed by atoms with Crippen molar-refractivity contribution in [3.05, 3.63) is 27.9 Å². The number of hydrogen-bond donors (Lipinski definition) is 2. The average Bonchev–Trinajstić information content (AvgIpc) is 3.02. The van der Waals surface area contributed by atoms with Crippen LogP contribution in [0.15, 0.2) is 16.6 Å². The third-order valence-corrected chi connectivity index (χ3v) is 5.08. The first-order valence-corrected chi connectivity index (χ1v) is 9.55. The lowest BCUT2D eigenvalue weighted by molar-refractivity contribution is 0.0833. The van der Waals surface area contributed by atoms with Gasteiger partial charge in [-0.3, -0.25) is 9.89 Å². The average molecular weight is 423 g/mol. The van der Waals surface area contributed by atoms with E-state index in [0.717, 1.165) is 28.4 Å². The van der Waals surface area contributed by atoms with Gasteiger partial charge < -0.3 is 15.4 Å². The molecule has 1 fully saturated rings. The zero-order valence-corrected chi connectivity index (χ0v) is 16.5. The van der Waals surface area contributed by atoms with E-state index in [-0.39, 0.29) is 12.0 Å². The van der Waals surface area contributed by atoms with Gasteiger partial charge in [0.05, 0.1) is 12.2 Å². The van der Waals surface area contributed by atoms with Gasteiger partial charge in [0.15, 0.2) is 0 Å². The molecule has 3 N–H and O–H groups in total. The SMILES string of the molecule is CC(C)COC(=O)N1CCC(c2[nH]nc3c(C(N)=O)cc(Br)cc23)CC1. The first-order valence-electron chi connectivity index (χ1n) is 8.75. The van der Waals surface area contributed by atoms with Gasteiger partial charge in [-0.25, -0.2) is 4.79 Å². The van der Waals surface area contributed by atoms with Crippen LogP contribution < -0.4 is 5.73 Å². The second-order valence-electron chi connectivity index (χ2n) is 7.08. The summed E-state index contributed by atoms with van der Waals surface area (Å²) in [5.41, 5.74) is 7.44. The summed E-state index contributed by atoms with van der Waals surface area (Å²) >= 11 is 3.43.